The Hall–Kier alpha value is -3.37. The van der Waals surface area contributed by atoms with Crippen molar-refractivity contribution in [2.24, 2.45) is 0 Å². The largest absolute Gasteiger partial charge is 0.454 e. The lowest BCUT2D eigenvalue weighted by atomic mass is 10.1. The summed E-state index contributed by atoms with van der Waals surface area (Å²) < 4.78 is 29.7. The van der Waals surface area contributed by atoms with E-state index in [9.17, 15) is 9.18 Å². The van der Waals surface area contributed by atoms with Crippen molar-refractivity contribution in [2.75, 3.05) is 12.5 Å². The van der Waals surface area contributed by atoms with Gasteiger partial charge in [-0.2, -0.15) is 0 Å². The SMILES string of the molecule is O=C(CSc1nnc(-c2ccc3c(c2)OCO3)o1)NC(c1ccc(F)cc1)c1cccs1. The van der Waals surface area contributed by atoms with Gasteiger partial charge in [-0.05, 0) is 47.3 Å². The number of thiophene rings is 1. The van der Waals surface area contributed by atoms with Gasteiger partial charge in [-0.25, -0.2) is 4.39 Å². The van der Waals surface area contributed by atoms with E-state index in [0.717, 1.165) is 22.2 Å². The first-order chi connectivity index (χ1) is 15.7. The number of thioether (sulfide) groups is 1. The molecule has 1 aliphatic rings. The molecule has 0 fully saturated rings. The minimum atomic E-state index is -0.365. The Labute approximate surface area is 190 Å². The van der Waals surface area contributed by atoms with Gasteiger partial charge in [0, 0.05) is 10.4 Å². The molecule has 2 aromatic heterocycles. The van der Waals surface area contributed by atoms with Gasteiger partial charge in [0.15, 0.2) is 11.5 Å². The summed E-state index contributed by atoms with van der Waals surface area (Å²) in [5.74, 6) is 1.17. The Kier molecular flexibility index (Phi) is 5.78. The number of rotatable bonds is 7. The highest BCUT2D eigenvalue weighted by Crippen LogP contribution is 2.36. The fraction of sp³-hybridized carbons (Fsp3) is 0.136. The summed E-state index contributed by atoms with van der Waals surface area (Å²) >= 11 is 2.66. The van der Waals surface area contributed by atoms with E-state index in [1.165, 1.54) is 23.5 Å². The second-order valence-electron chi connectivity index (χ2n) is 6.80. The number of aromatic nitrogens is 2. The van der Waals surface area contributed by atoms with Gasteiger partial charge in [0.25, 0.3) is 5.22 Å². The predicted octanol–water partition coefficient (Wildman–Crippen LogP) is 4.66. The molecule has 0 saturated carbocycles. The number of amides is 1. The number of carbonyl (C=O) groups is 1. The first kappa shape index (κ1) is 20.5. The van der Waals surface area contributed by atoms with Crippen LogP contribution in [0.25, 0.3) is 11.5 Å². The van der Waals surface area contributed by atoms with Crippen LogP contribution in [0.1, 0.15) is 16.5 Å². The molecule has 0 spiro atoms. The number of nitrogens with one attached hydrogen (secondary N) is 1. The van der Waals surface area contributed by atoms with E-state index in [-0.39, 0.29) is 35.5 Å². The number of halogens is 1. The third kappa shape index (κ3) is 4.46. The van der Waals surface area contributed by atoms with Crippen LogP contribution in [-0.4, -0.2) is 28.7 Å². The van der Waals surface area contributed by atoms with Crippen molar-refractivity contribution < 1.29 is 23.1 Å². The van der Waals surface area contributed by atoms with Gasteiger partial charge < -0.3 is 19.2 Å². The van der Waals surface area contributed by atoms with Crippen LogP contribution >= 0.6 is 23.1 Å². The number of benzene rings is 2. The summed E-state index contributed by atoms with van der Waals surface area (Å²) in [7, 11) is 0. The lowest BCUT2D eigenvalue weighted by Gasteiger charge is -2.18. The molecule has 1 aliphatic heterocycles. The second-order valence-corrected chi connectivity index (χ2v) is 8.70. The number of hydrogen-bond acceptors (Lipinski definition) is 8. The van der Waals surface area contributed by atoms with Crippen molar-refractivity contribution in [1.29, 1.82) is 0 Å². The van der Waals surface area contributed by atoms with Crippen molar-refractivity contribution in [2.45, 2.75) is 11.3 Å². The summed E-state index contributed by atoms with van der Waals surface area (Å²) in [6, 6.07) is 14.9. The van der Waals surface area contributed by atoms with E-state index >= 15 is 0 Å². The standard InChI is InChI=1S/C22H16FN3O4S2/c23-15-6-3-13(4-7-15)20(18-2-1-9-31-18)24-19(27)11-32-22-26-25-21(30-22)14-5-8-16-17(10-14)29-12-28-16/h1-10,20H,11-12H2,(H,24,27). The zero-order valence-electron chi connectivity index (χ0n) is 16.5. The predicted molar refractivity (Wildman–Crippen MR) is 117 cm³/mol. The van der Waals surface area contributed by atoms with E-state index < -0.39 is 0 Å². The lowest BCUT2D eigenvalue weighted by molar-refractivity contribution is -0.119. The molecule has 1 unspecified atom stereocenters. The molecule has 1 N–H and O–H groups in total. The number of fused-ring (bicyclic) bond motifs is 1. The van der Waals surface area contributed by atoms with Gasteiger partial charge in [-0.15, -0.1) is 21.5 Å². The molecule has 3 heterocycles. The molecule has 0 bridgehead atoms. The van der Waals surface area contributed by atoms with Crippen molar-refractivity contribution in [3.8, 4) is 23.0 Å². The molecule has 32 heavy (non-hydrogen) atoms. The van der Waals surface area contributed by atoms with E-state index in [0.29, 0.717) is 23.0 Å². The van der Waals surface area contributed by atoms with Crippen LogP contribution < -0.4 is 14.8 Å². The quantitative estimate of drug-likeness (QED) is 0.394. The molecular weight excluding hydrogens is 453 g/mol. The minimum Gasteiger partial charge on any atom is -0.454 e. The monoisotopic (exact) mass is 469 g/mol. The smallest absolute Gasteiger partial charge is 0.277 e. The Morgan fingerprint density at radius 1 is 1.12 bits per heavy atom. The summed E-state index contributed by atoms with van der Waals surface area (Å²) in [6.07, 6.45) is 0. The normalized spacial score (nSPS) is 13.2. The van der Waals surface area contributed by atoms with Crippen LogP contribution in [0.3, 0.4) is 0 Å². The summed E-state index contributed by atoms with van der Waals surface area (Å²) in [4.78, 5) is 13.6. The molecule has 0 radical (unpaired) electrons. The van der Waals surface area contributed by atoms with Crippen molar-refractivity contribution in [1.82, 2.24) is 15.5 Å². The fourth-order valence-electron chi connectivity index (χ4n) is 3.17. The summed E-state index contributed by atoms with van der Waals surface area (Å²) in [5, 5.41) is 13.3. The number of nitrogens with zero attached hydrogens (tertiary/aromatic N) is 2. The zero-order chi connectivity index (χ0) is 21.9. The van der Waals surface area contributed by atoms with E-state index in [4.69, 9.17) is 13.9 Å². The van der Waals surface area contributed by atoms with Crippen LogP contribution in [0.4, 0.5) is 4.39 Å². The molecule has 162 valence electrons. The average Bonchev–Trinajstić information content (AvgIpc) is 3.58. The van der Waals surface area contributed by atoms with Crippen LogP contribution in [0.2, 0.25) is 0 Å². The molecule has 5 rings (SSSR count). The van der Waals surface area contributed by atoms with Gasteiger partial charge >= 0.3 is 0 Å². The molecule has 2 aromatic carbocycles. The first-order valence-electron chi connectivity index (χ1n) is 9.60. The first-order valence-corrected chi connectivity index (χ1v) is 11.5. The van der Waals surface area contributed by atoms with Crippen molar-refractivity contribution >= 4 is 29.0 Å². The molecule has 7 nitrogen and oxygen atoms in total. The van der Waals surface area contributed by atoms with Gasteiger partial charge in [-0.3, -0.25) is 4.79 Å². The summed E-state index contributed by atoms with van der Waals surface area (Å²) in [6.45, 7) is 0.184. The molecule has 10 heteroatoms. The van der Waals surface area contributed by atoms with Crippen LogP contribution in [-0.2, 0) is 4.79 Å². The summed E-state index contributed by atoms with van der Waals surface area (Å²) in [5.41, 5.74) is 1.50. The van der Waals surface area contributed by atoms with Crippen molar-refractivity contribution in [3.05, 3.63) is 76.2 Å². The van der Waals surface area contributed by atoms with Crippen molar-refractivity contribution in [3.63, 3.8) is 0 Å². The maximum absolute atomic E-state index is 13.3. The molecule has 1 amide bonds. The van der Waals surface area contributed by atoms with Gasteiger partial charge in [0.05, 0.1) is 11.8 Å². The van der Waals surface area contributed by atoms with Gasteiger partial charge in [0.1, 0.15) is 5.82 Å². The van der Waals surface area contributed by atoms with Crippen LogP contribution in [0.15, 0.2) is 69.6 Å². The van der Waals surface area contributed by atoms with Gasteiger partial charge in [-0.1, -0.05) is 30.0 Å². The van der Waals surface area contributed by atoms with E-state index in [1.54, 1.807) is 30.3 Å². The number of ether oxygens (including phenoxy) is 2. The zero-order valence-corrected chi connectivity index (χ0v) is 18.1. The highest BCUT2D eigenvalue weighted by atomic mass is 32.2. The Morgan fingerprint density at radius 2 is 1.97 bits per heavy atom. The molecule has 4 aromatic rings. The number of hydrogen-bond donors (Lipinski definition) is 1. The minimum absolute atomic E-state index is 0.0891. The van der Waals surface area contributed by atoms with Gasteiger partial charge in [0.2, 0.25) is 18.6 Å². The molecule has 0 aliphatic carbocycles. The third-order valence-electron chi connectivity index (χ3n) is 4.69. The second kappa shape index (κ2) is 9.01. The number of carbonyl (C=O) groups excluding carboxylic acids is 1. The highest BCUT2D eigenvalue weighted by molar-refractivity contribution is 7.99. The van der Waals surface area contributed by atoms with Crippen LogP contribution in [0.5, 0.6) is 11.5 Å². The Morgan fingerprint density at radius 3 is 2.78 bits per heavy atom. The fourth-order valence-corrected chi connectivity index (χ4v) is 4.55. The molecule has 0 saturated heterocycles. The lowest BCUT2D eigenvalue weighted by Crippen LogP contribution is -2.30. The highest BCUT2D eigenvalue weighted by Gasteiger charge is 2.20. The topological polar surface area (TPSA) is 86.5 Å². The maximum atomic E-state index is 13.3. The Balaban J connectivity index is 1.24. The van der Waals surface area contributed by atoms with E-state index in [1.807, 2.05) is 17.5 Å². The third-order valence-corrected chi connectivity index (χ3v) is 6.44. The Bertz CT molecular complexity index is 1230. The maximum Gasteiger partial charge on any atom is 0.277 e. The average molecular weight is 470 g/mol. The molecular formula is C22H16FN3O4S2. The molecule has 1 atom stereocenters. The van der Waals surface area contributed by atoms with Crippen LogP contribution in [0, 0.1) is 5.82 Å². The van der Waals surface area contributed by atoms with E-state index in [2.05, 4.69) is 15.5 Å².